The Morgan fingerprint density at radius 2 is 1.51 bits per heavy atom. The molecule has 5 rings (SSSR count). The summed E-state index contributed by atoms with van der Waals surface area (Å²) in [5, 5.41) is 47.8. The summed E-state index contributed by atoms with van der Waals surface area (Å²) < 4.78 is 0. The van der Waals surface area contributed by atoms with E-state index < -0.39 is 68.6 Å². The van der Waals surface area contributed by atoms with E-state index in [0.717, 1.165) is 26.2 Å². The van der Waals surface area contributed by atoms with Crippen LogP contribution >= 0.6 is 0 Å². The maximum atomic E-state index is 14.8. The Kier molecular flexibility index (Phi) is 7.45. The third-order valence-electron chi connectivity index (χ3n) is 12.7. The van der Waals surface area contributed by atoms with Crippen molar-refractivity contribution in [2.45, 2.75) is 113 Å². The zero-order valence-corrected chi connectivity index (χ0v) is 28.9. The second-order valence-corrected chi connectivity index (χ2v) is 17.2. The van der Waals surface area contributed by atoms with Crippen LogP contribution in [-0.4, -0.2) is 43.4 Å². The van der Waals surface area contributed by atoms with Gasteiger partial charge in [-0.15, -0.1) is 0 Å². The lowest BCUT2D eigenvalue weighted by atomic mass is 9.38. The number of fused-ring (bicyclic) bond motifs is 3. The Bertz CT molecular complexity index is 1560. The molecule has 0 saturated heterocycles. The van der Waals surface area contributed by atoms with Crippen molar-refractivity contribution in [1.82, 2.24) is 0 Å². The molecule has 0 aliphatic heterocycles. The number of phenols is 1. The second-order valence-electron chi connectivity index (χ2n) is 17.2. The quantitative estimate of drug-likeness (QED) is 0.258. The van der Waals surface area contributed by atoms with Gasteiger partial charge in [0.25, 0.3) is 0 Å². The summed E-state index contributed by atoms with van der Waals surface area (Å²) in [7, 11) is 0. The summed E-state index contributed by atoms with van der Waals surface area (Å²) in [5.41, 5.74) is -4.00. The molecule has 246 valence electrons. The van der Waals surface area contributed by atoms with Crippen LogP contribution in [0.1, 0.15) is 118 Å². The highest BCUT2D eigenvalue weighted by molar-refractivity contribution is 6.24. The first-order valence-electron chi connectivity index (χ1n) is 16.5. The predicted molar refractivity (Wildman–Crippen MR) is 174 cm³/mol. The third kappa shape index (κ3) is 4.28. The number of aliphatic hydroxyl groups excluding tert-OH is 2. The Hall–Kier alpha value is -2.93. The van der Waals surface area contributed by atoms with Crippen molar-refractivity contribution in [2.24, 2.45) is 45.3 Å². The van der Waals surface area contributed by atoms with Crippen molar-refractivity contribution in [1.29, 1.82) is 0 Å². The molecule has 45 heavy (non-hydrogen) atoms. The van der Waals surface area contributed by atoms with Crippen molar-refractivity contribution in [2.75, 3.05) is 0 Å². The summed E-state index contributed by atoms with van der Waals surface area (Å²) in [6, 6.07) is 3.87. The highest BCUT2D eigenvalue weighted by Crippen LogP contribution is 2.70. The molecule has 2 saturated carbocycles. The lowest BCUT2D eigenvalue weighted by Crippen LogP contribution is -2.72. The average molecular weight is 621 g/mol. The van der Waals surface area contributed by atoms with Crippen molar-refractivity contribution in [3.8, 4) is 5.75 Å². The van der Waals surface area contributed by atoms with Gasteiger partial charge < -0.3 is 20.4 Å². The molecule has 0 radical (unpaired) electrons. The number of allylic oxidation sites excluding steroid dienone is 1. The number of carbonyl (C=O) groups excluding carboxylic acids is 3. The fourth-order valence-corrected chi connectivity index (χ4v) is 11.1. The fraction of sp³-hybridized carbons (Fsp3) is 0.658. The molecule has 0 bridgehead atoms. The van der Waals surface area contributed by atoms with Gasteiger partial charge in [-0.2, -0.15) is 0 Å². The number of hydrogen-bond donors (Lipinski definition) is 4. The van der Waals surface area contributed by atoms with E-state index in [-0.39, 0.29) is 33.6 Å². The molecule has 1 aromatic rings. The van der Waals surface area contributed by atoms with Gasteiger partial charge in [0, 0.05) is 22.3 Å². The molecule has 0 spiro atoms. The van der Waals surface area contributed by atoms with Gasteiger partial charge in [0.15, 0.2) is 17.2 Å². The summed E-state index contributed by atoms with van der Waals surface area (Å²) >= 11 is 0. The largest absolute Gasteiger partial charge is 0.508 e. The monoisotopic (exact) mass is 620 g/mol. The number of aliphatic hydroxyl groups is 3. The summed E-state index contributed by atoms with van der Waals surface area (Å²) in [4.78, 5) is 41.3. The molecule has 7 nitrogen and oxygen atoms in total. The van der Waals surface area contributed by atoms with Gasteiger partial charge in [-0.05, 0) is 78.2 Å². The molecular formula is C38H52O7. The molecule has 0 heterocycles. The smallest absolute Gasteiger partial charge is 0.203 e. The minimum absolute atomic E-state index is 0.0727. The van der Waals surface area contributed by atoms with Crippen molar-refractivity contribution in [3.63, 3.8) is 0 Å². The van der Waals surface area contributed by atoms with Crippen LogP contribution in [0.5, 0.6) is 5.75 Å². The molecule has 4 aliphatic rings. The van der Waals surface area contributed by atoms with E-state index in [0.29, 0.717) is 23.5 Å². The number of carbonyl (C=O) groups is 3. The molecule has 1 unspecified atom stereocenters. The lowest BCUT2D eigenvalue weighted by molar-refractivity contribution is -0.195. The number of hydrogen-bond acceptors (Lipinski definition) is 7. The molecule has 0 aromatic heterocycles. The first-order chi connectivity index (χ1) is 20.5. The van der Waals surface area contributed by atoms with Crippen LogP contribution < -0.4 is 0 Å². The number of Topliss-reactive ketones (excluding diaryl/α,β-unsaturated/α-hetero) is 3. The Morgan fingerprint density at radius 3 is 2.02 bits per heavy atom. The number of phenolic OH excluding ortho intramolecular Hbond substituents is 1. The van der Waals surface area contributed by atoms with Gasteiger partial charge in [0.05, 0.1) is 5.56 Å². The minimum Gasteiger partial charge on any atom is -0.508 e. The zero-order chi connectivity index (χ0) is 34.0. The van der Waals surface area contributed by atoms with E-state index in [2.05, 4.69) is 27.7 Å². The van der Waals surface area contributed by atoms with Gasteiger partial charge in [0.2, 0.25) is 5.78 Å². The van der Waals surface area contributed by atoms with E-state index in [9.17, 15) is 34.8 Å². The Morgan fingerprint density at radius 1 is 0.956 bits per heavy atom. The van der Waals surface area contributed by atoms with Crippen LogP contribution in [-0.2, 0) is 20.8 Å². The second kappa shape index (κ2) is 10.0. The Labute approximate surface area is 267 Å². The number of ketones is 3. The average Bonchev–Trinajstić information content (AvgIpc) is 2.88. The van der Waals surface area contributed by atoms with Gasteiger partial charge in [0.1, 0.15) is 22.8 Å². The van der Waals surface area contributed by atoms with E-state index in [1.165, 1.54) is 0 Å². The maximum Gasteiger partial charge on any atom is 0.203 e. The van der Waals surface area contributed by atoms with E-state index >= 15 is 0 Å². The normalized spacial score (nSPS) is 36.2. The molecule has 2 fully saturated rings. The molecule has 4 aliphatic carbocycles. The third-order valence-corrected chi connectivity index (χ3v) is 12.7. The summed E-state index contributed by atoms with van der Waals surface area (Å²) in [5.74, 6) is -5.73. The lowest BCUT2D eigenvalue weighted by Gasteiger charge is -2.64. The van der Waals surface area contributed by atoms with E-state index in [4.69, 9.17) is 0 Å². The molecular weight excluding hydrogens is 568 g/mol. The van der Waals surface area contributed by atoms with Crippen LogP contribution in [0.4, 0.5) is 0 Å². The fourth-order valence-electron chi connectivity index (χ4n) is 11.1. The minimum atomic E-state index is -2.64. The van der Waals surface area contributed by atoms with Crippen molar-refractivity contribution in [3.05, 3.63) is 45.7 Å². The highest BCUT2D eigenvalue weighted by Gasteiger charge is 2.75. The van der Waals surface area contributed by atoms with Gasteiger partial charge >= 0.3 is 0 Å². The topological polar surface area (TPSA) is 132 Å². The molecule has 7 heteroatoms. The molecule has 4 N–H and O–H groups in total. The van der Waals surface area contributed by atoms with Crippen LogP contribution in [0, 0.1) is 45.3 Å². The maximum absolute atomic E-state index is 14.8. The van der Waals surface area contributed by atoms with E-state index in [1.54, 1.807) is 6.92 Å². The van der Waals surface area contributed by atoms with Gasteiger partial charge in [-0.3, -0.25) is 14.4 Å². The van der Waals surface area contributed by atoms with E-state index in [1.807, 2.05) is 46.8 Å². The first kappa shape index (κ1) is 33.4. The standard InChI is InChI=1S/C38H52O7/c1-18(2)27-30(41)25(20(4)39)32(43)38(45)33(44)28-31(42)26-24(19(3)36(28,10)21(5)37(27,38)11)13-12-23(29(26)40)14-22-15-34(6,7)17-35(8,9)16-22/h12-13,18-19,21-22,27,40,42-43,45H,14-17H2,1-11H3/t19-,21-,27?,36-,37-,38+/m1/s1. The van der Waals surface area contributed by atoms with Crippen LogP contribution in [0.2, 0.25) is 0 Å². The molecule has 1 aromatic carbocycles. The van der Waals surface area contributed by atoms with Crippen LogP contribution in [0.3, 0.4) is 0 Å². The number of benzene rings is 1. The molecule has 0 amide bonds. The highest BCUT2D eigenvalue weighted by atomic mass is 16.3. The zero-order valence-electron chi connectivity index (χ0n) is 28.9. The predicted octanol–water partition coefficient (Wildman–Crippen LogP) is 7.39. The van der Waals surface area contributed by atoms with Gasteiger partial charge in [-0.1, -0.05) is 81.4 Å². The number of aromatic hydroxyl groups is 1. The summed E-state index contributed by atoms with van der Waals surface area (Å²) in [6.07, 6.45) is 3.76. The number of rotatable bonds is 4. The van der Waals surface area contributed by atoms with Crippen LogP contribution in [0.15, 0.2) is 29.0 Å². The van der Waals surface area contributed by atoms with Crippen molar-refractivity contribution < 1.29 is 34.8 Å². The first-order valence-corrected chi connectivity index (χ1v) is 16.5. The SMILES string of the molecule is CC(=O)C1=C(O)[C@]2(O)C(=O)C3=C(O)c4c(ccc(CC5CC(C)(C)CC(C)(C)C5)c4O)[C@@H](C)[C@]3(C)[C@@H](C)[C@]2(C)C(C(C)C)C1=O. The van der Waals surface area contributed by atoms with Crippen LogP contribution in [0.25, 0.3) is 5.76 Å². The summed E-state index contributed by atoms with van der Waals surface area (Å²) in [6.45, 7) is 21.2. The van der Waals surface area contributed by atoms with Crippen molar-refractivity contribution >= 4 is 23.1 Å². The molecule has 6 atom stereocenters. The Balaban J connectivity index is 1.73. The van der Waals surface area contributed by atoms with Gasteiger partial charge in [-0.25, -0.2) is 0 Å².